The van der Waals surface area contributed by atoms with Gasteiger partial charge in [-0.25, -0.2) is 24.1 Å². The fourth-order valence-electron chi connectivity index (χ4n) is 2.43. The number of carboxylic acids is 1. The average molecular weight is 280 g/mol. The molecule has 2 aromatic heterocycles. The van der Waals surface area contributed by atoms with Crippen LogP contribution in [-0.2, 0) is 9.53 Å². The van der Waals surface area contributed by atoms with Crippen LogP contribution in [0.5, 0.6) is 0 Å². The number of imidazole rings is 1. The Balaban J connectivity index is 2.04. The van der Waals surface area contributed by atoms with Gasteiger partial charge in [0.2, 0.25) is 0 Å². The summed E-state index contributed by atoms with van der Waals surface area (Å²) >= 11 is 0. The fourth-order valence-corrected chi connectivity index (χ4v) is 2.43. The van der Waals surface area contributed by atoms with Crippen molar-refractivity contribution in [2.24, 2.45) is 5.92 Å². The van der Waals surface area contributed by atoms with Gasteiger partial charge in [-0.05, 0) is 6.92 Å². The Labute approximate surface area is 113 Å². The smallest absolute Gasteiger partial charge is 0.333 e. The van der Waals surface area contributed by atoms with Gasteiger partial charge in [0, 0.05) is 5.92 Å². The first-order chi connectivity index (χ1) is 9.50. The molecule has 0 bridgehead atoms. The van der Waals surface area contributed by atoms with E-state index in [1.54, 1.807) is 6.92 Å². The van der Waals surface area contributed by atoms with Gasteiger partial charge in [-0.15, -0.1) is 0 Å². The molecule has 0 radical (unpaired) electrons. The van der Waals surface area contributed by atoms with Crippen molar-refractivity contribution in [1.82, 2.24) is 19.5 Å². The lowest BCUT2D eigenvalue weighted by atomic mass is 10.0. The molecule has 7 nitrogen and oxygen atoms in total. The van der Waals surface area contributed by atoms with Crippen LogP contribution in [-0.4, -0.2) is 42.9 Å². The van der Waals surface area contributed by atoms with Crippen molar-refractivity contribution in [3.63, 3.8) is 0 Å². The number of halogens is 1. The van der Waals surface area contributed by atoms with Gasteiger partial charge in [0.25, 0.3) is 0 Å². The number of aromatic nitrogens is 4. The second-order valence-corrected chi connectivity index (χ2v) is 4.87. The van der Waals surface area contributed by atoms with Crippen molar-refractivity contribution in [3.05, 3.63) is 18.3 Å². The summed E-state index contributed by atoms with van der Waals surface area (Å²) in [5, 5.41) is 9.03. The number of aliphatic carboxylic acids is 1. The monoisotopic (exact) mass is 280 g/mol. The Bertz CT molecular complexity index is 674. The van der Waals surface area contributed by atoms with E-state index in [-0.39, 0.29) is 0 Å². The molecule has 1 aliphatic heterocycles. The van der Waals surface area contributed by atoms with Crippen molar-refractivity contribution < 1.29 is 19.0 Å². The van der Waals surface area contributed by atoms with Crippen LogP contribution in [0.25, 0.3) is 11.2 Å². The third-order valence-corrected chi connectivity index (χ3v) is 3.60. The second-order valence-electron chi connectivity index (χ2n) is 4.87. The summed E-state index contributed by atoms with van der Waals surface area (Å²) in [6, 6.07) is 0. The van der Waals surface area contributed by atoms with Crippen molar-refractivity contribution in [3.8, 4) is 0 Å². The number of fused-ring (bicyclic) bond motifs is 1. The summed E-state index contributed by atoms with van der Waals surface area (Å²) in [6.45, 7) is 3.29. The summed E-state index contributed by atoms with van der Waals surface area (Å²) in [4.78, 5) is 23.3. The highest BCUT2D eigenvalue weighted by Gasteiger charge is 2.47. The van der Waals surface area contributed by atoms with Crippen LogP contribution in [0.4, 0.5) is 4.39 Å². The first-order valence-corrected chi connectivity index (χ1v) is 6.17. The molecule has 3 heterocycles. The standard InChI is InChI=1S/C12H13FN4O3/c1-5-7(13)11(20-9(5)12(18)19)17-4-16-8-6(2)14-3-15-10(8)17/h3-5,7,9,11H,1-2H3,(H,18,19)/t5-,7-,9-,11+/m0/s1. The van der Waals surface area contributed by atoms with Crippen molar-refractivity contribution >= 4 is 17.1 Å². The van der Waals surface area contributed by atoms with Gasteiger partial charge in [0.05, 0.1) is 12.0 Å². The molecule has 0 spiro atoms. The molecule has 1 N–H and O–H groups in total. The van der Waals surface area contributed by atoms with E-state index in [9.17, 15) is 9.18 Å². The first kappa shape index (κ1) is 12.9. The topological polar surface area (TPSA) is 90.1 Å². The number of ether oxygens (including phenoxy) is 1. The zero-order valence-electron chi connectivity index (χ0n) is 10.9. The van der Waals surface area contributed by atoms with E-state index in [0.29, 0.717) is 16.9 Å². The van der Waals surface area contributed by atoms with E-state index in [4.69, 9.17) is 9.84 Å². The largest absolute Gasteiger partial charge is 0.479 e. The molecular formula is C12H13FN4O3. The van der Waals surface area contributed by atoms with E-state index in [2.05, 4.69) is 15.0 Å². The average Bonchev–Trinajstić information content (AvgIpc) is 2.94. The minimum Gasteiger partial charge on any atom is -0.479 e. The van der Waals surface area contributed by atoms with Crippen LogP contribution in [0.2, 0.25) is 0 Å². The number of hydrogen-bond donors (Lipinski definition) is 1. The minimum atomic E-state index is -1.44. The minimum absolute atomic E-state index is 0.434. The predicted molar refractivity (Wildman–Crippen MR) is 65.7 cm³/mol. The molecule has 0 aromatic carbocycles. The van der Waals surface area contributed by atoms with E-state index in [1.165, 1.54) is 24.1 Å². The lowest BCUT2D eigenvalue weighted by Gasteiger charge is -2.15. The normalized spacial score (nSPS) is 29.9. The summed E-state index contributed by atoms with van der Waals surface area (Å²) < 4.78 is 21.1. The third-order valence-electron chi connectivity index (χ3n) is 3.60. The number of hydrogen-bond acceptors (Lipinski definition) is 5. The van der Waals surface area contributed by atoms with Gasteiger partial charge >= 0.3 is 5.97 Å². The van der Waals surface area contributed by atoms with Gasteiger partial charge in [-0.2, -0.15) is 0 Å². The van der Waals surface area contributed by atoms with E-state index >= 15 is 0 Å². The molecule has 8 heteroatoms. The Kier molecular flexibility index (Phi) is 2.89. The Hall–Kier alpha value is -2.09. The molecule has 1 fully saturated rings. The SMILES string of the molecule is Cc1ncnc2c1ncn2[C@@H]1O[C@H](C(=O)O)[C@@H](C)[C@@H]1F. The van der Waals surface area contributed by atoms with Gasteiger partial charge in [0.1, 0.15) is 11.8 Å². The zero-order chi connectivity index (χ0) is 14.4. The number of carboxylic acid groups (broad SMARTS) is 1. The van der Waals surface area contributed by atoms with Crippen molar-refractivity contribution in [1.29, 1.82) is 0 Å². The summed E-state index contributed by atoms with van der Waals surface area (Å²) in [7, 11) is 0. The molecule has 0 aliphatic carbocycles. The zero-order valence-corrected chi connectivity index (χ0v) is 10.9. The van der Waals surface area contributed by atoms with Gasteiger partial charge in [-0.1, -0.05) is 6.92 Å². The Morgan fingerprint density at radius 3 is 2.85 bits per heavy atom. The van der Waals surface area contributed by atoms with E-state index in [0.717, 1.165) is 0 Å². The first-order valence-electron chi connectivity index (χ1n) is 6.17. The predicted octanol–water partition coefficient (Wildman–Crippen LogP) is 1.09. The van der Waals surface area contributed by atoms with Crippen LogP contribution in [0.1, 0.15) is 18.8 Å². The lowest BCUT2D eigenvalue weighted by Crippen LogP contribution is -2.26. The van der Waals surface area contributed by atoms with Crippen LogP contribution >= 0.6 is 0 Å². The number of alkyl halides is 1. The molecular weight excluding hydrogens is 267 g/mol. The van der Waals surface area contributed by atoms with Gasteiger partial charge in [0.15, 0.2) is 24.2 Å². The summed E-state index contributed by atoms with van der Waals surface area (Å²) in [5.74, 6) is -1.91. The molecule has 1 aliphatic rings. The highest BCUT2D eigenvalue weighted by atomic mass is 19.1. The Morgan fingerprint density at radius 2 is 2.20 bits per heavy atom. The molecule has 106 valence electrons. The fraction of sp³-hybridized carbons (Fsp3) is 0.500. The number of aryl methyl sites for hydroxylation is 1. The molecule has 20 heavy (non-hydrogen) atoms. The van der Waals surface area contributed by atoms with Crippen LogP contribution in [0, 0.1) is 12.8 Å². The Morgan fingerprint density at radius 1 is 1.45 bits per heavy atom. The maximum Gasteiger partial charge on any atom is 0.333 e. The highest BCUT2D eigenvalue weighted by molar-refractivity contribution is 5.74. The van der Waals surface area contributed by atoms with Gasteiger partial charge < -0.3 is 9.84 Å². The van der Waals surface area contributed by atoms with E-state index < -0.39 is 30.4 Å². The summed E-state index contributed by atoms with van der Waals surface area (Å²) in [6.07, 6.45) is -0.888. The molecule has 0 amide bonds. The van der Waals surface area contributed by atoms with Crippen molar-refractivity contribution in [2.75, 3.05) is 0 Å². The lowest BCUT2D eigenvalue weighted by molar-refractivity contribution is -0.153. The van der Waals surface area contributed by atoms with E-state index in [1.807, 2.05) is 0 Å². The van der Waals surface area contributed by atoms with Gasteiger partial charge in [-0.3, -0.25) is 4.57 Å². The number of carbonyl (C=O) groups is 1. The molecule has 1 saturated heterocycles. The summed E-state index contributed by atoms with van der Waals surface area (Å²) in [5.41, 5.74) is 1.66. The molecule has 3 rings (SSSR count). The quantitative estimate of drug-likeness (QED) is 0.885. The highest BCUT2D eigenvalue weighted by Crippen LogP contribution is 2.37. The van der Waals surface area contributed by atoms with Crippen LogP contribution < -0.4 is 0 Å². The molecule has 0 saturated carbocycles. The number of rotatable bonds is 2. The maximum absolute atomic E-state index is 14.3. The maximum atomic E-state index is 14.3. The molecule has 4 atom stereocenters. The third kappa shape index (κ3) is 1.75. The molecule has 0 unspecified atom stereocenters. The van der Waals surface area contributed by atoms with Crippen LogP contribution in [0.3, 0.4) is 0 Å². The van der Waals surface area contributed by atoms with Crippen molar-refractivity contribution in [2.45, 2.75) is 32.4 Å². The number of nitrogens with zero attached hydrogens (tertiary/aromatic N) is 4. The second kappa shape index (κ2) is 4.48. The molecule has 2 aromatic rings. The van der Waals surface area contributed by atoms with Crippen LogP contribution in [0.15, 0.2) is 12.7 Å².